The van der Waals surface area contributed by atoms with Gasteiger partial charge in [-0.1, -0.05) is 12.1 Å². The van der Waals surface area contributed by atoms with Crippen molar-refractivity contribution in [3.63, 3.8) is 0 Å². The third-order valence-electron chi connectivity index (χ3n) is 2.78. The maximum atomic E-state index is 10.9. The molecule has 2 aromatic carbocycles. The predicted molar refractivity (Wildman–Crippen MR) is 83.8 cm³/mol. The lowest BCUT2D eigenvalue weighted by molar-refractivity contribution is -0.383. The molecule has 0 saturated carbocycles. The summed E-state index contributed by atoms with van der Waals surface area (Å²) in [7, 11) is -5.99. The van der Waals surface area contributed by atoms with Crippen LogP contribution in [0, 0.1) is 10.1 Å². The minimum Gasteiger partial charge on any atom is -0.741 e. The number of nitro benzene ring substituents is 1. The van der Waals surface area contributed by atoms with E-state index in [1.165, 1.54) is 4.90 Å². The summed E-state index contributed by atoms with van der Waals surface area (Å²) in [5.41, 5.74) is -5.46. The van der Waals surface area contributed by atoms with Gasteiger partial charge >= 0.3 is 5.51 Å². The van der Waals surface area contributed by atoms with Crippen molar-refractivity contribution < 1.29 is 31.1 Å². The average Bonchev–Trinajstić information content (AvgIpc) is 2.44. The van der Waals surface area contributed by atoms with Crippen molar-refractivity contribution in [3.8, 4) is 0 Å². The van der Waals surface area contributed by atoms with Crippen LogP contribution in [-0.4, -0.2) is 35.9 Å². The zero-order chi connectivity index (χ0) is 18.7. The molecule has 0 aliphatic heterocycles. The molecule has 132 valence electrons. The topological polar surface area (TPSA) is 100 Å². The molecule has 11 heteroatoms. The number of hydrogen-bond acceptors (Lipinski definition) is 5. The number of rotatable bonds is 2. The first-order valence-electron chi connectivity index (χ1n) is 6.12. The highest BCUT2D eigenvalue weighted by Gasteiger charge is 2.36. The molecule has 6 nitrogen and oxygen atoms in total. The lowest BCUT2D eigenvalue weighted by Crippen LogP contribution is -2.21. The summed E-state index contributed by atoms with van der Waals surface area (Å²) in [6.07, 6.45) is 4.24. The van der Waals surface area contributed by atoms with Gasteiger partial charge in [0.2, 0.25) is 0 Å². The van der Waals surface area contributed by atoms with Crippen molar-refractivity contribution in [2.75, 3.05) is 12.5 Å². The van der Waals surface area contributed by atoms with Gasteiger partial charge in [-0.05, 0) is 12.1 Å². The van der Waals surface area contributed by atoms with Crippen molar-refractivity contribution >= 4 is 37.5 Å². The highest BCUT2D eigenvalue weighted by molar-refractivity contribution is 7.95. The Hall–Kier alpha value is -1.85. The summed E-state index contributed by atoms with van der Waals surface area (Å²) in [5.74, 6) is 0. The molecule has 0 aromatic heterocycles. The highest BCUT2D eigenvalue weighted by atomic mass is 32.2. The van der Waals surface area contributed by atoms with E-state index < -0.39 is 15.6 Å². The minimum absolute atomic E-state index is 0.102. The van der Waals surface area contributed by atoms with Crippen LogP contribution in [0.15, 0.2) is 41.3 Å². The fourth-order valence-corrected chi connectivity index (χ4v) is 2.73. The van der Waals surface area contributed by atoms with E-state index in [2.05, 4.69) is 12.5 Å². The zero-order valence-electron chi connectivity index (χ0n) is 12.4. The van der Waals surface area contributed by atoms with Gasteiger partial charge < -0.3 is 4.55 Å². The summed E-state index contributed by atoms with van der Waals surface area (Å²) in [6.45, 7) is 0. The zero-order valence-corrected chi connectivity index (χ0v) is 14.0. The number of non-ortho nitro benzene ring substituents is 1. The molecule has 0 spiro atoms. The third kappa shape index (κ3) is 4.82. The Balaban J connectivity index is 0.000000307. The van der Waals surface area contributed by atoms with Crippen LogP contribution >= 0.6 is 0 Å². The number of nitro groups is 1. The second-order valence-electron chi connectivity index (χ2n) is 4.60. The standard InChI is InChI=1S/C12H12NO2S.CHF3O3S/c1-16(2)12-8-7-11(13(14)15)9-5-3-4-6-10(9)12;2-1(3,4)8(5,6)7/h3-8H,1-2H3;(H,5,6,7)/q+1;/p-1. The van der Waals surface area contributed by atoms with Gasteiger partial charge in [-0.2, -0.15) is 13.2 Å². The van der Waals surface area contributed by atoms with Crippen molar-refractivity contribution in [1.82, 2.24) is 0 Å². The molecule has 2 rings (SSSR count). The number of halogens is 3. The molecule has 0 radical (unpaired) electrons. The number of benzene rings is 2. The fraction of sp³-hybridized carbons (Fsp3) is 0.231. The first kappa shape index (κ1) is 20.2. The van der Waals surface area contributed by atoms with Gasteiger partial charge in [-0.25, -0.2) is 8.42 Å². The quantitative estimate of drug-likeness (QED) is 0.261. The first-order valence-corrected chi connectivity index (χ1v) is 9.57. The van der Waals surface area contributed by atoms with Crippen LogP contribution in [-0.2, 0) is 21.0 Å². The van der Waals surface area contributed by atoms with Gasteiger partial charge in [-0.15, -0.1) is 0 Å². The Morgan fingerprint density at radius 2 is 1.50 bits per heavy atom. The molecule has 0 heterocycles. The van der Waals surface area contributed by atoms with Gasteiger partial charge in [0.1, 0.15) is 12.5 Å². The first-order chi connectivity index (χ1) is 10.9. The van der Waals surface area contributed by atoms with Crippen LogP contribution in [0.3, 0.4) is 0 Å². The molecular weight excluding hydrogens is 371 g/mol. The highest BCUT2D eigenvalue weighted by Crippen LogP contribution is 2.30. The molecule has 0 N–H and O–H groups in total. The van der Waals surface area contributed by atoms with Crippen molar-refractivity contribution in [2.45, 2.75) is 10.4 Å². The second-order valence-corrected chi connectivity index (χ2v) is 8.05. The summed E-state index contributed by atoms with van der Waals surface area (Å²) in [4.78, 5) is 11.8. The Kier molecular flexibility index (Phi) is 6.20. The number of fused-ring (bicyclic) bond motifs is 1. The second kappa shape index (κ2) is 7.36. The third-order valence-corrected chi connectivity index (χ3v) is 4.58. The molecule has 0 saturated heterocycles. The minimum atomic E-state index is -6.09. The summed E-state index contributed by atoms with van der Waals surface area (Å²) in [5, 5.41) is 12.6. The maximum absolute atomic E-state index is 10.9. The monoisotopic (exact) mass is 383 g/mol. The largest absolute Gasteiger partial charge is 0.741 e. The van der Waals surface area contributed by atoms with Crippen molar-refractivity contribution in [1.29, 1.82) is 0 Å². The molecule has 0 bridgehead atoms. The van der Waals surface area contributed by atoms with E-state index >= 15 is 0 Å². The van der Waals surface area contributed by atoms with E-state index in [9.17, 15) is 23.3 Å². The Bertz CT molecular complexity index is 850. The molecular formula is C13H12F3NO5S2. The summed E-state index contributed by atoms with van der Waals surface area (Å²) < 4.78 is 58.9. The number of nitrogens with zero attached hydrogens (tertiary/aromatic N) is 1. The normalized spacial score (nSPS) is 12.0. The van der Waals surface area contributed by atoms with E-state index in [-0.39, 0.29) is 21.5 Å². The van der Waals surface area contributed by atoms with Crippen molar-refractivity contribution in [2.24, 2.45) is 0 Å². The summed E-state index contributed by atoms with van der Waals surface area (Å²) in [6, 6.07) is 11.0. The van der Waals surface area contributed by atoms with Gasteiger partial charge in [0.15, 0.2) is 15.0 Å². The number of alkyl halides is 3. The molecule has 0 amide bonds. The van der Waals surface area contributed by atoms with Crippen LogP contribution < -0.4 is 0 Å². The molecule has 24 heavy (non-hydrogen) atoms. The Morgan fingerprint density at radius 3 is 1.88 bits per heavy atom. The lowest BCUT2D eigenvalue weighted by atomic mass is 10.1. The smallest absolute Gasteiger partial charge is 0.485 e. The van der Waals surface area contributed by atoms with Crippen LogP contribution in [0.5, 0.6) is 0 Å². The maximum Gasteiger partial charge on any atom is 0.485 e. The van der Waals surface area contributed by atoms with Gasteiger partial charge in [0.25, 0.3) is 5.69 Å². The van der Waals surface area contributed by atoms with Gasteiger partial charge in [0, 0.05) is 28.4 Å². The molecule has 0 fully saturated rings. The van der Waals surface area contributed by atoms with E-state index in [0.717, 1.165) is 10.8 Å². The van der Waals surface area contributed by atoms with E-state index in [0.29, 0.717) is 0 Å². The molecule has 2 aromatic rings. The van der Waals surface area contributed by atoms with Crippen LogP contribution in [0.1, 0.15) is 0 Å². The van der Waals surface area contributed by atoms with Gasteiger partial charge in [-0.3, -0.25) is 10.1 Å². The average molecular weight is 383 g/mol. The number of hydrogen-bond donors (Lipinski definition) is 0. The lowest BCUT2D eigenvalue weighted by Gasteiger charge is -2.08. The van der Waals surface area contributed by atoms with E-state index in [4.69, 9.17) is 13.0 Å². The Labute approximate surface area is 138 Å². The Morgan fingerprint density at radius 1 is 1.04 bits per heavy atom. The van der Waals surface area contributed by atoms with Crippen LogP contribution in [0.2, 0.25) is 0 Å². The van der Waals surface area contributed by atoms with Gasteiger partial charge in [0.05, 0.1) is 10.3 Å². The molecule has 0 aliphatic rings. The van der Waals surface area contributed by atoms with Crippen LogP contribution in [0.4, 0.5) is 18.9 Å². The van der Waals surface area contributed by atoms with E-state index in [1.807, 2.05) is 30.3 Å². The summed E-state index contributed by atoms with van der Waals surface area (Å²) >= 11 is 0. The van der Waals surface area contributed by atoms with E-state index in [1.54, 1.807) is 6.07 Å². The molecule has 0 atom stereocenters. The fourth-order valence-electron chi connectivity index (χ4n) is 1.77. The van der Waals surface area contributed by atoms with Crippen LogP contribution in [0.25, 0.3) is 10.8 Å². The predicted octanol–water partition coefficient (Wildman–Crippen LogP) is 3.04. The van der Waals surface area contributed by atoms with Crippen molar-refractivity contribution in [3.05, 3.63) is 46.5 Å². The molecule has 0 aliphatic carbocycles. The SMILES string of the molecule is C[S+](C)c1ccc([N+](=O)[O-])c2ccccc12.O=S(=O)([O-])C(F)(F)F. The molecule has 0 unspecified atom stereocenters.